The molecule has 2 aromatic rings. The van der Waals surface area contributed by atoms with Crippen molar-refractivity contribution in [3.8, 4) is 0 Å². The van der Waals surface area contributed by atoms with Crippen LogP contribution in [0.4, 0.5) is 0 Å². The van der Waals surface area contributed by atoms with Gasteiger partial charge in [-0.05, 0) is 37.9 Å². The number of hydrogen-bond acceptors (Lipinski definition) is 3. The molecule has 3 unspecified atom stereocenters. The van der Waals surface area contributed by atoms with Gasteiger partial charge in [0.2, 0.25) is 0 Å². The smallest absolute Gasteiger partial charge is 0.134 e. The normalized spacial score (nSPS) is 26.7. The lowest BCUT2D eigenvalue weighted by molar-refractivity contribution is 0.117. The predicted molar refractivity (Wildman–Crippen MR) is 78.0 cm³/mol. The topological polar surface area (TPSA) is 42.4 Å². The summed E-state index contributed by atoms with van der Waals surface area (Å²) in [5.74, 6) is 1.67. The number of hydrogen-bond donors (Lipinski definition) is 1. The Hall–Kier alpha value is -1.32. The molecule has 0 bridgehead atoms. The van der Waals surface area contributed by atoms with Crippen LogP contribution in [0.25, 0.3) is 11.0 Å². The van der Waals surface area contributed by atoms with Gasteiger partial charge in [-0.2, -0.15) is 0 Å². The lowest BCUT2D eigenvalue weighted by Crippen LogP contribution is -2.48. The molecule has 1 aliphatic heterocycles. The van der Waals surface area contributed by atoms with E-state index >= 15 is 0 Å². The van der Waals surface area contributed by atoms with Crippen LogP contribution in [0.5, 0.6) is 0 Å². The zero-order valence-corrected chi connectivity index (χ0v) is 11.7. The lowest BCUT2D eigenvalue weighted by atomic mass is 9.93. The Labute approximate surface area is 114 Å². The van der Waals surface area contributed by atoms with Crippen LogP contribution < -0.4 is 5.73 Å². The molecule has 102 valence electrons. The van der Waals surface area contributed by atoms with Crippen LogP contribution in [0.1, 0.15) is 32.1 Å². The fourth-order valence-electron chi connectivity index (χ4n) is 2.87. The summed E-state index contributed by atoms with van der Waals surface area (Å²) in [7, 11) is 0. The van der Waals surface area contributed by atoms with Crippen molar-refractivity contribution in [1.29, 1.82) is 0 Å². The van der Waals surface area contributed by atoms with Crippen LogP contribution in [-0.4, -0.2) is 24.0 Å². The Morgan fingerprint density at radius 3 is 2.89 bits per heavy atom. The molecule has 0 saturated carbocycles. The van der Waals surface area contributed by atoms with Crippen LogP contribution in [0.3, 0.4) is 0 Å². The number of rotatable bonds is 2. The van der Waals surface area contributed by atoms with E-state index in [1.807, 2.05) is 18.2 Å². The van der Waals surface area contributed by atoms with Crippen molar-refractivity contribution in [3.05, 3.63) is 36.1 Å². The Kier molecular flexibility index (Phi) is 3.33. The van der Waals surface area contributed by atoms with E-state index in [1.165, 1.54) is 11.8 Å². The second-order valence-corrected chi connectivity index (χ2v) is 5.79. The number of para-hydroxylation sites is 1. The van der Waals surface area contributed by atoms with Gasteiger partial charge in [0.1, 0.15) is 11.3 Å². The monoisotopic (exact) mass is 258 g/mol. The van der Waals surface area contributed by atoms with E-state index in [-0.39, 0.29) is 6.04 Å². The summed E-state index contributed by atoms with van der Waals surface area (Å²) in [4.78, 5) is 2.43. The van der Waals surface area contributed by atoms with Gasteiger partial charge in [0.05, 0.1) is 6.04 Å². The molecule has 3 atom stereocenters. The van der Waals surface area contributed by atoms with E-state index in [2.05, 4.69) is 30.9 Å². The number of benzene rings is 1. The van der Waals surface area contributed by atoms with Gasteiger partial charge >= 0.3 is 0 Å². The Bertz CT molecular complexity index is 530. The molecule has 0 aliphatic carbocycles. The van der Waals surface area contributed by atoms with E-state index in [1.54, 1.807) is 0 Å². The summed E-state index contributed by atoms with van der Waals surface area (Å²) in [6.45, 7) is 6.51. The zero-order chi connectivity index (χ0) is 13.4. The van der Waals surface area contributed by atoms with E-state index in [0.717, 1.165) is 24.4 Å². The van der Waals surface area contributed by atoms with Gasteiger partial charge in [0.25, 0.3) is 0 Å². The summed E-state index contributed by atoms with van der Waals surface area (Å²) in [6, 6.07) is 10.9. The van der Waals surface area contributed by atoms with Crippen molar-refractivity contribution in [2.45, 2.75) is 32.4 Å². The van der Waals surface area contributed by atoms with E-state index in [4.69, 9.17) is 10.2 Å². The number of nitrogens with zero attached hydrogens (tertiary/aromatic N) is 1. The van der Waals surface area contributed by atoms with Gasteiger partial charge in [0.15, 0.2) is 0 Å². The number of likely N-dealkylation sites (tertiary alicyclic amines) is 1. The molecule has 1 aromatic heterocycles. The molecule has 0 radical (unpaired) electrons. The van der Waals surface area contributed by atoms with E-state index in [0.29, 0.717) is 12.0 Å². The zero-order valence-electron chi connectivity index (χ0n) is 11.7. The predicted octanol–water partition coefficient (Wildman–Crippen LogP) is 3.16. The third-order valence-corrected chi connectivity index (χ3v) is 4.45. The second kappa shape index (κ2) is 4.99. The Morgan fingerprint density at radius 1 is 1.37 bits per heavy atom. The van der Waals surface area contributed by atoms with Crippen molar-refractivity contribution in [1.82, 2.24) is 4.90 Å². The molecule has 1 fully saturated rings. The van der Waals surface area contributed by atoms with Crippen LogP contribution >= 0.6 is 0 Å². The number of furan rings is 1. The van der Waals surface area contributed by atoms with Crippen LogP contribution in [0.15, 0.2) is 34.7 Å². The Morgan fingerprint density at radius 2 is 2.16 bits per heavy atom. The van der Waals surface area contributed by atoms with Gasteiger partial charge in [-0.1, -0.05) is 25.1 Å². The Balaban J connectivity index is 1.81. The number of fused-ring (bicyclic) bond motifs is 1. The summed E-state index contributed by atoms with van der Waals surface area (Å²) >= 11 is 0. The first-order chi connectivity index (χ1) is 9.15. The van der Waals surface area contributed by atoms with Gasteiger partial charge < -0.3 is 10.2 Å². The van der Waals surface area contributed by atoms with E-state index < -0.39 is 0 Å². The maximum atomic E-state index is 6.19. The van der Waals surface area contributed by atoms with Crippen LogP contribution in [-0.2, 0) is 0 Å². The van der Waals surface area contributed by atoms with Gasteiger partial charge in [-0.25, -0.2) is 0 Å². The summed E-state index contributed by atoms with van der Waals surface area (Å²) in [5.41, 5.74) is 7.16. The van der Waals surface area contributed by atoms with Gasteiger partial charge in [0, 0.05) is 18.0 Å². The van der Waals surface area contributed by atoms with Crippen molar-refractivity contribution < 1.29 is 4.42 Å². The van der Waals surface area contributed by atoms with Crippen LogP contribution in [0, 0.1) is 5.92 Å². The highest BCUT2D eigenvalue weighted by Crippen LogP contribution is 2.29. The summed E-state index contributed by atoms with van der Waals surface area (Å²) in [5, 5.41) is 1.18. The molecule has 3 heteroatoms. The highest BCUT2D eigenvalue weighted by atomic mass is 16.3. The number of nitrogens with two attached hydrogens (primary N) is 1. The molecule has 1 aromatic carbocycles. The van der Waals surface area contributed by atoms with Crippen molar-refractivity contribution in [2.75, 3.05) is 13.1 Å². The molecule has 1 aliphatic rings. The first kappa shape index (κ1) is 12.7. The molecule has 3 rings (SSSR count). The minimum atomic E-state index is 0.278. The quantitative estimate of drug-likeness (QED) is 0.899. The van der Waals surface area contributed by atoms with Gasteiger partial charge in [-0.15, -0.1) is 0 Å². The SMILES string of the molecule is CC1CCN(C(C)c2cc3ccccc3o2)CC1N. The fraction of sp³-hybridized carbons (Fsp3) is 0.500. The third-order valence-electron chi connectivity index (χ3n) is 4.45. The average Bonchev–Trinajstić information content (AvgIpc) is 2.85. The van der Waals surface area contributed by atoms with E-state index in [9.17, 15) is 0 Å². The first-order valence-electron chi connectivity index (χ1n) is 7.13. The highest BCUT2D eigenvalue weighted by Gasteiger charge is 2.28. The molecule has 19 heavy (non-hydrogen) atoms. The van der Waals surface area contributed by atoms with Crippen molar-refractivity contribution >= 4 is 11.0 Å². The van der Waals surface area contributed by atoms with Gasteiger partial charge in [-0.3, -0.25) is 4.90 Å². The second-order valence-electron chi connectivity index (χ2n) is 5.79. The first-order valence-corrected chi connectivity index (χ1v) is 7.13. The molecule has 2 heterocycles. The maximum Gasteiger partial charge on any atom is 0.134 e. The summed E-state index contributed by atoms with van der Waals surface area (Å²) < 4.78 is 5.96. The molecule has 2 N–H and O–H groups in total. The van der Waals surface area contributed by atoms with Crippen molar-refractivity contribution in [3.63, 3.8) is 0 Å². The standard InChI is InChI=1S/C16H22N2O/c1-11-7-8-18(10-14(11)17)12(2)16-9-13-5-3-4-6-15(13)19-16/h3-6,9,11-12,14H,7-8,10,17H2,1-2H3. The third kappa shape index (κ3) is 2.40. The minimum Gasteiger partial charge on any atom is -0.459 e. The highest BCUT2D eigenvalue weighted by molar-refractivity contribution is 5.77. The molecular formula is C16H22N2O. The molecule has 1 saturated heterocycles. The summed E-state index contributed by atoms with van der Waals surface area (Å²) in [6.07, 6.45) is 1.17. The average molecular weight is 258 g/mol. The van der Waals surface area contributed by atoms with Crippen molar-refractivity contribution in [2.24, 2.45) is 11.7 Å². The molecule has 0 amide bonds. The lowest BCUT2D eigenvalue weighted by Gasteiger charge is -2.37. The molecule has 0 spiro atoms. The maximum absolute atomic E-state index is 6.19. The minimum absolute atomic E-state index is 0.278. The fourth-order valence-corrected chi connectivity index (χ4v) is 2.87. The van der Waals surface area contributed by atoms with Crippen LogP contribution in [0.2, 0.25) is 0 Å². The molecule has 3 nitrogen and oxygen atoms in total. The number of piperidine rings is 1. The largest absolute Gasteiger partial charge is 0.459 e. The molecular weight excluding hydrogens is 236 g/mol.